The highest BCUT2D eigenvalue weighted by atomic mass is 16.4. The summed E-state index contributed by atoms with van der Waals surface area (Å²) in [6.45, 7) is 0. The zero-order valence-corrected chi connectivity index (χ0v) is 10.3. The molecule has 0 aliphatic rings. The summed E-state index contributed by atoms with van der Waals surface area (Å²) in [6, 6.07) is 14.0. The number of fused-ring (bicyclic) bond motifs is 3. The summed E-state index contributed by atoms with van der Waals surface area (Å²) in [5.74, 6) is -2.47. The van der Waals surface area contributed by atoms with Gasteiger partial charge in [-0.1, -0.05) is 42.5 Å². The van der Waals surface area contributed by atoms with Crippen LogP contribution in [0.2, 0.25) is 0 Å². The molecule has 0 saturated carbocycles. The average Bonchev–Trinajstić information content (AvgIpc) is 2.45. The van der Waals surface area contributed by atoms with Crippen LogP contribution in [0.1, 0.15) is 20.7 Å². The molecule has 0 unspecified atom stereocenters. The van der Waals surface area contributed by atoms with Gasteiger partial charge in [0.1, 0.15) is 0 Å². The van der Waals surface area contributed by atoms with Crippen molar-refractivity contribution >= 4 is 33.5 Å². The van der Waals surface area contributed by atoms with Crippen molar-refractivity contribution in [1.82, 2.24) is 0 Å². The fourth-order valence-corrected chi connectivity index (χ4v) is 2.50. The third-order valence-corrected chi connectivity index (χ3v) is 3.35. The van der Waals surface area contributed by atoms with Crippen LogP contribution in [0.5, 0.6) is 0 Å². The summed E-state index contributed by atoms with van der Waals surface area (Å²) in [4.78, 5) is 22.8. The Bertz CT molecular complexity index is 865. The van der Waals surface area contributed by atoms with Gasteiger partial charge >= 0.3 is 11.9 Å². The second-order valence-corrected chi connectivity index (χ2v) is 4.48. The van der Waals surface area contributed by atoms with Gasteiger partial charge in [-0.2, -0.15) is 0 Å². The van der Waals surface area contributed by atoms with E-state index in [1.165, 1.54) is 6.07 Å². The lowest BCUT2D eigenvalue weighted by atomic mass is 9.94. The van der Waals surface area contributed by atoms with Crippen LogP contribution in [-0.2, 0) is 0 Å². The van der Waals surface area contributed by atoms with E-state index in [1.807, 2.05) is 18.2 Å². The zero-order chi connectivity index (χ0) is 14.3. The van der Waals surface area contributed by atoms with E-state index in [9.17, 15) is 19.8 Å². The molecule has 0 aliphatic carbocycles. The first kappa shape index (κ1) is 12.2. The minimum absolute atomic E-state index is 0.160. The van der Waals surface area contributed by atoms with Crippen LogP contribution in [0.25, 0.3) is 21.5 Å². The summed E-state index contributed by atoms with van der Waals surface area (Å²) in [6.07, 6.45) is 0. The predicted octanol–water partition coefficient (Wildman–Crippen LogP) is 3.39. The number of carboxylic acid groups (broad SMARTS) is 2. The molecule has 0 aliphatic heterocycles. The van der Waals surface area contributed by atoms with Crippen molar-refractivity contribution in [2.24, 2.45) is 0 Å². The van der Waals surface area contributed by atoms with Gasteiger partial charge in [-0.25, -0.2) is 9.59 Å². The Labute approximate surface area is 113 Å². The minimum Gasteiger partial charge on any atom is -0.478 e. The molecule has 0 spiro atoms. The van der Waals surface area contributed by atoms with Gasteiger partial charge in [-0.15, -0.1) is 0 Å². The van der Waals surface area contributed by atoms with Gasteiger partial charge in [0.15, 0.2) is 0 Å². The van der Waals surface area contributed by atoms with Crippen LogP contribution >= 0.6 is 0 Å². The van der Waals surface area contributed by atoms with E-state index < -0.39 is 11.9 Å². The van der Waals surface area contributed by atoms with Crippen LogP contribution < -0.4 is 0 Å². The molecule has 0 saturated heterocycles. The number of carbonyl (C=O) groups is 2. The smallest absolute Gasteiger partial charge is 0.337 e. The second-order valence-electron chi connectivity index (χ2n) is 4.48. The first-order chi connectivity index (χ1) is 9.59. The van der Waals surface area contributed by atoms with Gasteiger partial charge in [0.25, 0.3) is 0 Å². The van der Waals surface area contributed by atoms with E-state index >= 15 is 0 Å². The Kier molecular flexibility index (Phi) is 2.64. The van der Waals surface area contributed by atoms with Crippen molar-refractivity contribution in [2.75, 3.05) is 0 Å². The largest absolute Gasteiger partial charge is 0.478 e. The Balaban J connectivity index is 2.60. The standard InChI is InChI=1S/C16H10O4/c17-15(18)12-8-7-10-6-5-9-3-1-2-4-11(9)13(10)14(12)16(19)20/h1-8H,(H,17,18)(H,19,20). The summed E-state index contributed by atoms with van der Waals surface area (Å²) < 4.78 is 0. The Morgan fingerprint density at radius 3 is 2.10 bits per heavy atom. The topological polar surface area (TPSA) is 74.6 Å². The number of hydrogen-bond donors (Lipinski definition) is 2. The number of rotatable bonds is 2. The quantitative estimate of drug-likeness (QED) is 0.697. The van der Waals surface area contributed by atoms with Crippen molar-refractivity contribution < 1.29 is 19.8 Å². The van der Waals surface area contributed by atoms with Crippen LogP contribution in [-0.4, -0.2) is 22.2 Å². The van der Waals surface area contributed by atoms with Crippen molar-refractivity contribution in [3.8, 4) is 0 Å². The number of hydrogen-bond acceptors (Lipinski definition) is 2. The summed E-state index contributed by atoms with van der Waals surface area (Å²) in [5, 5.41) is 21.4. The van der Waals surface area contributed by atoms with Gasteiger partial charge in [0.05, 0.1) is 11.1 Å². The van der Waals surface area contributed by atoms with Gasteiger partial charge in [-0.05, 0) is 22.2 Å². The molecular weight excluding hydrogens is 256 g/mol. The molecule has 2 N–H and O–H groups in total. The maximum absolute atomic E-state index is 11.5. The Hall–Kier alpha value is -2.88. The van der Waals surface area contributed by atoms with E-state index in [2.05, 4.69) is 0 Å². The highest BCUT2D eigenvalue weighted by molar-refractivity contribution is 6.20. The van der Waals surface area contributed by atoms with Gasteiger partial charge in [0, 0.05) is 5.39 Å². The van der Waals surface area contributed by atoms with E-state index in [4.69, 9.17) is 0 Å². The van der Waals surface area contributed by atoms with Crippen molar-refractivity contribution in [3.63, 3.8) is 0 Å². The van der Waals surface area contributed by atoms with E-state index in [1.54, 1.807) is 24.3 Å². The van der Waals surface area contributed by atoms with Crippen LogP contribution in [0.4, 0.5) is 0 Å². The fourth-order valence-electron chi connectivity index (χ4n) is 2.50. The molecule has 0 radical (unpaired) electrons. The lowest BCUT2D eigenvalue weighted by molar-refractivity contribution is 0.0653. The van der Waals surface area contributed by atoms with Crippen molar-refractivity contribution in [3.05, 3.63) is 59.7 Å². The Morgan fingerprint density at radius 1 is 0.750 bits per heavy atom. The monoisotopic (exact) mass is 266 g/mol. The summed E-state index contributed by atoms with van der Waals surface area (Å²) in [5.41, 5.74) is -0.354. The number of benzene rings is 3. The minimum atomic E-state index is -1.24. The molecule has 0 aromatic heterocycles. The first-order valence-corrected chi connectivity index (χ1v) is 6.00. The molecule has 98 valence electrons. The third-order valence-electron chi connectivity index (χ3n) is 3.35. The fraction of sp³-hybridized carbons (Fsp3) is 0. The van der Waals surface area contributed by atoms with E-state index in [0.29, 0.717) is 10.8 Å². The first-order valence-electron chi connectivity index (χ1n) is 6.00. The molecule has 0 amide bonds. The molecule has 3 aromatic carbocycles. The highest BCUT2D eigenvalue weighted by Gasteiger charge is 2.20. The van der Waals surface area contributed by atoms with Crippen molar-refractivity contribution in [1.29, 1.82) is 0 Å². The van der Waals surface area contributed by atoms with Gasteiger partial charge in [0.2, 0.25) is 0 Å². The molecule has 0 fully saturated rings. The van der Waals surface area contributed by atoms with E-state index in [0.717, 1.165) is 10.8 Å². The molecule has 3 rings (SSSR count). The molecule has 0 heterocycles. The normalized spacial score (nSPS) is 10.8. The summed E-state index contributed by atoms with van der Waals surface area (Å²) in [7, 11) is 0. The Morgan fingerprint density at radius 2 is 1.40 bits per heavy atom. The predicted molar refractivity (Wildman–Crippen MR) is 75.4 cm³/mol. The van der Waals surface area contributed by atoms with Crippen molar-refractivity contribution in [2.45, 2.75) is 0 Å². The molecule has 4 heteroatoms. The van der Waals surface area contributed by atoms with Crippen LogP contribution in [0.3, 0.4) is 0 Å². The van der Waals surface area contributed by atoms with Gasteiger partial charge < -0.3 is 10.2 Å². The maximum atomic E-state index is 11.5. The lowest BCUT2D eigenvalue weighted by Crippen LogP contribution is -2.08. The van der Waals surface area contributed by atoms with E-state index in [-0.39, 0.29) is 11.1 Å². The lowest BCUT2D eigenvalue weighted by Gasteiger charge is -2.09. The highest BCUT2D eigenvalue weighted by Crippen LogP contribution is 2.30. The summed E-state index contributed by atoms with van der Waals surface area (Å²) >= 11 is 0. The third kappa shape index (κ3) is 1.70. The average molecular weight is 266 g/mol. The molecule has 0 atom stereocenters. The molecule has 20 heavy (non-hydrogen) atoms. The molecular formula is C16H10O4. The number of carboxylic acids is 2. The maximum Gasteiger partial charge on any atom is 0.337 e. The molecule has 0 bridgehead atoms. The van der Waals surface area contributed by atoms with Gasteiger partial charge in [-0.3, -0.25) is 0 Å². The van der Waals surface area contributed by atoms with Crippen LogP contribution in [0.15, 0.2) is 48.5 Å². The molecule has 3 aromatic rings. The SMILES string of the molecule is O=C(O)c1ccc2ccc3ccccc3c2c1C(=O)O. The molecule has 4 nitrogen and oxygen atoms in total. The number of aromatic carboxylic acids is 2. The van der Waals surface area contributed by atoms with Crippen LogP contribution in [0, 0.1) is 0 Å². The second kappa shape index (κ2) is 4.35. The zero-order valence-electron chi connectivity index (χ0n) is 10.3.